The minimum atomic E-state index is -0.431. The van der Waals surface area contributed by atoms with Crippen LogP contribution < -0.4 is 20.1 Å². The highest BCUT2D eigenvalue weighted by Crippen LogP contribution is 2.38. The van der Waals surface area contributed by atoms with Gasteiger partial charge < -0.3 is 29.7 Å². The summed E-state index contributed by atoms with van der Waals surface area (Å²) in [5, 5.41) is 5.87. The zero-order valence-electron chi connectivity index (χ0n) is 17.2. The number of fused-ring (bicyclic) bond motifs is 1. The number of benzene rings is 1. The van der Waals surface area contributed by atoms with Crippen molar-refractivity contribution < 1.29 is 28.6 Å². The van der Waals surface area contributed by atoms with Gasteiger partial charge in [-0.2, -0.15) is 0 Å². The van der Waals surface area contributed by atoms with Crippen molar-refractivity contribution in [2.45, 2.75) is 13.0 Å². The van der Waals surface area contributed by atoms with Gasteiger partial charge in [0.2, 0.25) is 0 Å². The lowest BCUT2D eigenvalue weighted by Gasteiger charge is -2.25. The van der Waals surface area contributed by atoms with E-state index in [0.29, 0.717) is 41.6 Å². The molecule has 2 aromatic rings. The van der Waals surface area contributed by atoms with E-state index in [2.05, 4.69) is 10.6 Å². The van der Waals surface area contributed by atoms with Gasteiger partial charge in [0.05, 0.1) is 39.0 Å². The van der Waals surface area contributed by atoms with Gasteiger partial charge in [-0.15, -0.1) is 11.3 Å². The fourth-order valence-electron chi connectivity index (χ4n) is 3.38. The van der Waals surface area contributed by atoms with Crippen LogP contribution in [0.2, 0.25) is 0 Å². The molecule has 10 heteroatoms. The van der Waals surface area contributed by atoms with Gasteiger partial charge in [-0.05, 0) is 24.1 Å². The largest absolute Gasteiger partial charge is 0.493 e. The molecule has 1 aromatic heterocycles. The fraction of sp³-hybridized carbons (Fsp3) is 0.350. The van der Waals surface area contributed by atoms with E-state index in [9.17, 15) is 14.4 Å². The van der Waals surface area contributed by atoms with Crippen molar-refractivity contribution in [2.24, 2.45) is 0 Å². The molecule has 30 heavy (non-hydrogen) atoms. The molecule has 0 atom stereocenters. The first kappa shape index (κ1) is 21.4. The summed E-state index contributed by atoms with van der Waals surface area (Å²) in [7, 11) is 5.81. The number of para-hydroxylation sites is 1. The molecule has 1 aliphatic heterocycles. The van der Waals surface area contributed by atoms with Gasteiger partial charge in [0.1, 0.15) is 5.00 Å². The minimum absolute atomic E-state index is 0.280. The molecule has 3 amide bonds. The molecule has 2 heterocycles. The van der Waals surface area contributed by atoms with E-state index >= 15 is 0 Å². The molecule has 1 aromatic carbocycles. The lowest BCUT2D eigenvalue weighted by atomic mass is 10.0. The zero-order valence-corrected chi connectivity index (χ0v) is 18.0. The van der Waals surface area contributed by atoms with Crippen molar-refractivity contribution in [1.29, 1.82) is 0 Å². The van der Waals surface area contributed by atoms with Crippen molar-refractivity contribution in [3.05, 3.63) is 39.8 Å². The highest BCUT2D eigenvalue weighted by molar-refractivity contribution is 7.17. The second-order valence-electron chi connectivity index (χ2n) is 6.42. The molecule has 9 nitrogen and oxygen atoms in total. The molecule has 0 spiro atoms. The van der Waals surface area contributed by atoms with Crippen molar-refractivity contribution in [3.63, 3.8) is 0 Å². The summed E-state index contributed by atoms with van der Waals surface area (Å²) in [6.45, 7) is 0.743. The zero-order chi connectivity index (χ0) is 21.8. The molecule has 0 radical (unpaired) electrons. The minimum Gasteiger partial charge on any atom is -0.493 e. The molecule has 160 valence electrons. The Hall–Kier alpha value is -3.27. The van der Waals surface area contributed by atoms with Crippen LogP contribution in [0, 0.1) is 0 Å². The van der Waals surface area contributed by atoms with Crippen molar-refractivity contribution in [1.82, 2.24) is 10.2 Å². The fourth-order valence-corrected chi connectivity index (χ4v) is 4.63. The van der Waals surface area contributed by atoms with E-state index < -0.39 is 12.0 Å². The highest BCUT2D eigenvalue weighted by Gasteiger charge is 2.31. The number of hydrogen-bond donors (Lipinski definition) is 2. The van der Waals surface area contributed by atoms with Gasteiger partial charge in [-0.25, -0.2) is 4.79 Å². The van der Waals surface area contributed by atoms with Crippen LogP contribution in [0.3, 0.4) is 0 Å². The van der Waals surface area contributed by atoms with Crippen molar-refractivity contribution in [2.75, 3.05) is 40.2 Å². The van der Waals surface area contributed by atoms with E-state index in [1.807, 2.05) is 0 Å². The Morgan fingerprint density at radius 1 is 1.10 bits per heavy atom. The molecule has 0 saturated heterocycles. The first-order valence-corrected chi connectivity index (χ1v) is 9.98. The van der Waals surface area contributed by atoms with E-state index in [1.165, 1.54) is 39.7 Å². The number of nitrogens with one attached hydrogen (secondary N) is 2. The van der Waals surface area contributed by atoms with Crippen LogP contribution >= 0.6 is 11.3 Å². The van der Waals surface area contributed by atoms with Crippen LogP contribution in [-0.4, -0.2) is 57.7 Å². The molecule has 0 fully saturated rings. The van der Waals surface area contributed by atoms with Gasteiger partial charge in [-0.3, -0.25) is 9.59 Å². The Morgan fingerprint density at radius 2 is 1.87 bits per heavy atom. The molecule has 0 bridgehead atoms. The smallest absolute Gasteiger partial charge is 0.409 e. The number of carbonyl (C=O) groups is 3. The van der Waals surface area contributed by atoms with Crippen LogP contribution in [0.25, 0.3) is 0 Å². The number of ether oxygens (including phenoxy) is 3. The van der Waals surface area contributed by atoms with Crippen LogP contribution in [0.15, 0.2) is 18.2 Å². The normalized spacial score (nSPS) is 12.6. The van der Waals surface area contributed by atoms with E-state index in [4.69, 9.17) is 14.2 Å². The van der Waals surface area contributed by atoms with Crippen molar-refractivity contribution in [3.8, 4) is 11.5 Å². The number of anilines is 1. The second-order valence-corrected chi connectivity index (χ2v) is 7.53. The number of carbonyl (C=O) groups excluding carboxylic acids is 3. The summed E-state index contributed by atoms with van der Waals surface area (Å²) in [4.78, 5) is 39.9. The van der Waals surface area contributed by atoms with Crippen LogP contribution in [0.5, 0.6) is 11.5 Å². The number of methoxy groups -OCH3 is 3. The Kier molecular flexibility index (Phi) is 6.46. The lowest BCUT2D eigenvalue weighted by Crippen LogP contribution is -2.35. The average molecular weight is 433 g/mol. The molecule has 2 N–H and O–H groups in total. The Balaban J connectivity index is 1.97. The highest BCUT2D eigenvalue weighted by atomic mass is 32.1. The van der Waals surface area contributed by atoms with E-state index in [-0.39, 0.29) is 11.5 Å². The molecule has 0 aliphatic carbocycles. The van der Waals surface area contributed by atoms with Crippen LogP contribution in [-0.2, 0) is 17.7 Å². The standard InChI is InChI=1S/C20H23N3O6S/c1-21-18(25)15-11-8-9-23(20(26)29-4)10-14(11)30-19(15)22-17(24)12-6-5-7-13(27-2)16(12)28-3/h5-7H,8-10H2,1-4H3,(H,21,25)(H,22,24). The van der Waals surface area contributed by atoms with Crippen LogP contribution in [0.1, 0.15) is 31.2 Å². The molecule has 1 aliphatic rings. The first-order valence-electron chi connectivity index (χ1n) is 9.16. The predicted octanol–water partition coefficient (Wildman–Crippen LogP) is 2.50. The molecule has 3 rings (SSSR count). The Bertz CT molecular complexity index is 987. The van der Waals surface area contributed by atoms with Gasteiger partial charge in [0.25, 0.3) is 11.8 Å². The van der Waals surface area contributed by atoms with Gasteiger partial charge in [0, 0.05) is 18.5 Å². The van der Waals surface area contributed by atoms with Gasteiger partial charge >= 0.3 is 6.09 Å². The number of rotatable bonds is 5. The first-order chi connectivity index (χ1) is 14.4. The monoisotopic (exact) mass is 433 g/mol. The lowest BCUT2D eigenvalue weighted by molar-refractivity contribution is 0.0962. The topological polar surface area (TPSA) is 106 Å². The summed E-state index contributed by atoms with van der Waals surface area (Å²) < 4.78 is 15.4. The van der Waals surface area contributed by atoms with Crippen molar-refractivity contribution >= 4 is 34.2 Å². The quantitative estimate of drug-likeness (QED) is 0.751. The Morgan fingerprint density at radius 3 is 2.50 bits per heavy atom. The SMILES string of the molecule is CNC(=O)c1c(NC(=O)c2cccc(OC)c2OC)sc2c1CCN(C(=O)OC)C2. The molecule has 0 unspecified atom stereocenters. The average Bonchev–Trinajstić information content (AvgIpc) is 3.13. The Labute approximate surface area is 177 Å². The van der Waals surface area contributed by atoms with E-state index in [0.717, 1.165) is 10.4 Å². The number of amides is 3. The predicted molar refractivity (Wildman–Crippen MR) is 112 cm³/mol. The molecular formula is C20H23N3O6S. The van der Waals surface area contributed by atoms with E-state index in [1.54, 1.807) is 23.1 Å². The number of hydrogen-bond acceptors (Lipinski definition) is 7. The van der Waals surface area contributed by atoms with Gasteiger partial charge in [-0.1, -0.05) is 6.07 Å². The third-order valence-corrected chi connectivity index (χ3v) is 5.95. The summed E-state index contributed by atoms with van der Waals surface area (Å²) in [6.07, 6.45) is 0.0597. The van der Waals surface area contributed by atoms with Gasteiger partial charge in [0.15, 0.2) is 11.5 Å². The van der Waals surface area contributed by atoms with Crippen LogP contribution in [0.4, 0.5) is 9.80 Å². The number of nitrogens with zero attached hydrogens (tertiary/aromatic N) is 1. The third kappa shape index (κ3) is 3.90. The summed E-state index contributed by atoms with van der Waals surface area (Å²) in [6, 6.07) is 4.99. The summed E-state index contributed by atoms with van der Waals surface area (Å²) in [5.41, 5.74) is 1.52. The third-order valence-electron chi connectivity index (χ3n) is 4.82. The summed E-state index contributed by atoms with van der Waals surface area (Å²) >= 11 is 1.27. The molecule has 0 saturated carbocycles. The number of thiophene rings is 1. The maximum atomic E-state index is 13.0. The maximum absolute atomic E-state index is 13.0. The molecular weight excluding hydrogens is 410 g/mol. The second kappa shape index (κ2) is 9.04. The maximum Gasteiger partial charge on any atom is 0.409 e. The summed E-state index contributed by atoms with van der Waals surface area (Å²) in [5.74, 6) is -0.000651.